The van der Waals surface area contributed by atoms with Crippen LogP contribution in [0.4, 0.5) is 0 Å². The molecule has 2 nitrogen and oxygen atoms in total. The molecule has 0 N–H and O–H groups in total. The van der Waals surface area contributed by atoms with E-state index in [1.165, 1.54) is 0 Å². The first-order chi connectivity index (χ1) is 5.55. The van der Waals surface area contributed by atoms with Gasteiger partial charge < -0.3 is 4.74 Å². The third-order valence-corrected chi connectivity index (χ3v) is 3.09. The van der Waals surface area contributed by atoms with Crippen molar-refractivity contribution in [1.29, 1.82) is 0 Å². The number of ether oxygens (including phenoxy) is 1. The van der Waals surface area contributed by atoms with E-state index in [1.54, 1.807) is 6.92 Å². The lowest BCUT2D eigenvalue weighted by molar-refractivity contribution is -0.130. The molecule has 12 heavy (non-hydrogen) atoms. The lowest BCUT2D eigenvalue weighted by Crippen LogP contribution is -2.36. The number of ketones is 1. The third kappa shape index (κ3) is 1.86. The Labute approximate surface area is 74.3 Å². The second-order valence-corrected chi connectivity index (χ2v) is 4.19. The molecule has 0 aromatic rings. The SMILES string of the molecule is CC(=O)C(C)(C)C1CCCOC1. The molecular weight excluding hydrogens is 152 g/mol. The first kappa shape index (κ1) is 9.72. The molecule has 1 fully saturated rings. The molecule has 1 atom stereocenters. The summed E-state index contributed by atoms with van der Waals surface area (Å²) in [4.78, 5) is 11.3. The van der Waals surface area contributed by atoms with E-state index in [-0.39, 0.29) is 11.2 Å². The van der Waals surface area contributed by atoms with E-state index in [9.17, 15) is 4.79 Å². The van der Waals surface area contributed by atoms with Crippen molar-refractivity contribution in [3.8, 4) is 0 Å². The fourth-order valence-electron chi connectivity index (χ4n) is 1.60. The molecule has 0 aliphatic carbocycles. The fourth-order valence-corrected chi connectivity index (χ4v) is 1.60. The molecule has 0 saturated carbocycles. The van der Waals surface area contributed by atoms with Crippen molar-refractivity contribution in [2.24, 2.45) is 11.3 Å². The zero-order chi connectivity index (χ0) is 9.19. The molecule has 1 aliphatic heterocycles. The van der Waals surface area contributed by atoms with Crippen molar-refractivity contribution in [2.45, 2.75) is 33.6 Å². The van der Waals surface area contributed by atoms with Crippen LogP contribution in [0.25, 0.3) is 0 Å². The van der Waals surface area contributed by atoms with Gasteiger partial charge in [0.05, 0.1) is 6.61 Å². The Hall–Kier alpha value is -0.370. The number of hydrogen-bond acceptors (Lipinski definition) is 2. The number of carbonyl (C=O) groups is 1. The first-order valence-electron chi connectivity index (χ1n) is 4.64. The predicted octanol–water partition coefficient (Wildman–Crippen LogP) is 2.03. The minimum Gasteiger partial charge on any atom is -0.381 e. The Morgan fingerprint density at radius 2 is 2.17 bits per heavy atom. The van der Waals surface area contributed by atoms with Crippen LogP contribution in [0, 0.1) is 11.3 Å². The average molecular weight is 170 g/mol. The Morgan fingerprint density at radius 3 is 2.58 bits per heavy atom. The van der Waals surface area contributed by atoms with E-state index >= 15 is 0 Å². The standard InChI is InChI=1S/C10H18O2/c1-8(11)10(2,3)9-5-4-6-12-7-9/h9H,4-7H2,1-3H3. The molecule has 1 aliphatic rings. The van der Waals surface area contributed by atoms with Crippen LogP contribution in [0.1, 0.15) is 33.6 Å². The number of rotatable bonds is 2. The van der Waals surface area contributed by atoms with Gasteiger partial charge >= 0.3 is 0 Å². The Morgan fingerprint density at radius 1 is 1.50 bits per heavy atom. The van der Waals surface area contributed by atoms with E-state index in [1.807, 2.05) is 13.8 Å². The summed E-state index contributed by atoms with van der Waals surface area (Å²) in [6.45, 7) is 7.34. The molecule has 1 rings (SSSR count). The smallest absolute Gasteiger partial charge is 0.135 e. The maximum atomic E-state index is 11.3. The summed E-state index contributed by atoms with van der Waals surface area (Å²) in [7, 11) is 0. The zero-order valence-electron chi connectivity index (χ0n) is 8.22. The highest BCUT2D eigenvalue weighted by Crippen LogP contribution is 2.33. The van der Waals surface area contributed by atoms with Gasteiger partial charge in [-0.2, -0.15) is 0 Å². The van der Waals surface area contributed by atoms with Gasteiger partial charge in [0.1, 0.15) is 5.78 Å². The van der Waals surface area contributed by atoms with Crippen LogP contribution < -0.4 is 0 Å². The number of hydrogen-bond donors (Lipinski definition) is 0. The number of carbonyl (C=O) groups excluding carboxylic acids is 1. The molecule has 70 valence electrons. The van der Waals surface area contributed by atoms with Gasteiger partial charge in [0.25, 0.3) is 0 Å². The summed E-state index contributed by atoms with van der Waals surface area (Å²) in [6, 6.07) is 0. The molecule has 0 radical (unpaired) electrons. The molecule has 0 aromatic carbocycles. The van der Waals surface area contributed by atoms with Crippen LogP contribution in [0.5, 0.6) is 0 Å². The van der Waals surface area contributed by atoms with Gasteiger partial charge in [-0.05, 0) is 25.7 Å². The maximum Gasteiger partial charge on any atom is 0.135 e. The summed E-state index contributed by atoms with van der Waals surface area (Å²) in [5, 5.41) is 0. The van der Waals surface area contributed by atoms with Gasteiger partial charge in [-0.3, -0.25) is 4.79 Å². The molecule has 1 unspecified atom stereocenters. The largest absolute Gasteiger partial charge is 0.381 e. The highest BCUT2D eigenvalue weighted by molar-refractivity contribution is 5.81. The molecule has 1 heterocycles. The predicted molar refractivity (Wildman–Crippen MR) is 48.0 cm³/mol. The Kier molecular flexibility index (Phi) is 2.89. The van der Waals surface area contributed by atoms with Crippen LogP contribution in [0.15, 0.2) is 0 Å². The monoisotopic (exact) mass is 170 g/mol. The van der Waals surface area contributed by atoms with E-state index < -0.39 is 0 Å². The van der Waals surface area contributed by atoms with E-state index in [0.717, 1.165) is 26.1 Å². The van der Waals surface area contributed by atoms with Gasteiger partial charge in [-0.1, -0.05) is 13.8 Å². The molecule has 0 amide bonds. The summed E-state index contributed by atoms with van der Waals surface area (Å²) < 4.78 is 5.37. The maximum absolute atomic E-state index is 11.3. The van der Waals surface area contributed by atoms with Gasteiger partial charge in [-0.15, -0.1) is 0 Å². The molecule has 1 saturated heterocycles. The summed E-state index contributed by atoms with van der Waals surface area (Å²) in [6.07, 6.45) is 2.23. The van der Waals surface area contributed by atoms with Crippen molar-refractivity contribution in [2.75, 3.05) is 13.2 Å². The van der Waals surface area contributed by atoms with Gasteiger partial charge in [0.2, 0.25) is 0 Å². The zero-order valence-corrected chi connectivity index (χ0v) is 8.22. The van der Waals surface area contributed by atoms with Gasteiger partial charge in [-0.25, -0.2) is 0 Å². The molecular formula is C10H18O2. The topological polar surface area (TPSA) is 26.3 Å². The number of Topliss-reactive ketones (excluding diaryl/α,β-unsaturated/α-hetero) is 1. The minimum absolute atomic E-state index is 0.194. The quantitative estimate of drug-likeness (QED) is 0.634. The van der Waals surface area contributed by atoms with Crippen molar-refractivity contribution in [1.82, 2.24) is 0 Å². The lowest BCUT2D eigenvalue weighted by atomic mass is 9.73. The van der Waals surface area contributed by atoms with Crippen molar-refractivity contribution in [3.05, 3.63) is 0 Å². The van der Waals surface area contributed by atoms with Gasteiger partial charge in [0, 0.05) is 12.0 Å². The first-order valence-corrected chi connectivity index (χ1v) is 4.64. The van der Waals surface area contributed by atoms with Crippen molar-refractivity contribution >= 4 is 5.78 Å². The van der Waals surface area contributed by atoms with Crippen LogP contribution in [0.3, 0.4) is 0 Å². The highest BCUT2D eigenvalue weighted by Gasteiger charge is 2.34. The Bertz CT molecular complexity index is 167. The van der Waals surface area contributed by atoms with Crippen LogP contribution in [-0.4, -0.2) is 19.0 Å². The summed E-state index contributed by atoms with van der Waals surface area (Å²) in [5.74, 6) is 0.696. The third-order valence-electron chi connectivity index (χ3n) is 3.09. The second kappa shape index (κ2) is 3.56. The Balaban J connectivity index is 2.59. The summed E-state index contributed by atoms with van der Waals surface area (Å²) >= 11 is 0. The minimum atomic E-state index is -0.194. The lowest BCUT2D eigenvalue weighted by Gasteiger charge is -2.34. The van der Waals surface area contributed by atoms with Crippen molar-refractivity contribution in [3.63, 3.8) is 0 Å². The second-order valence-electron chi connectivity index (χ2n) is 4.19. The van der Waals surface area contributed by atoms with Gasteiger partial charge in [0.15, 0.2) is 0 Å². The average Bonchev–Trinajstić information content (AvgIpc) is 2.06. The van der Waals surface area contributed by atoms with Crippen molar-refractivity contribution < 1.29 is 9.53 Å². The van der Waals surface area contributed by atoms with E-state index in [4.69, 9.17) is 4.74 Å². The normalized spacial score (nSPS) is 25.4. The van der Waals surface area contributed by atoms with E-state index in [0.29, 0.717) is 5.92 Å². The highest BCUT2D eigenvalue weighted by atomic mass is 16.5. The molecule has 0 bridgehead atoms. The van der Waals surface area contributed by atoms with Crippen LogP contribution >= 0.6 is 0 Å². The van der Waals surface area contributed by atoms with Crippen LogP contribution in [0.2, 0.25) is 0 Å². The van der Waals surface area contributed by atoms with Crippen LogP contribution in [-0.2, 0) is 9.53 Å². The van der Waals surface area contributed by atoms with E-state index in [2.05, 4.69) is 0 Å². The fraction of sp³-hybridized carbons (Fsp3) is 0.900. The molecule has 0 spiro atoms. The molecule has 0 aromatic heterocycles. The molecule has 2 heteroatoms. The summed E-state index contributed by atoms with van der Waals surface area (Å²) in [5.41, 5.74) is -0.194.